The lowest BCUT2D eigenvalue weighted by molar-refractivity contribution is -0.141. The van der Waals surface area contributed by atoms with E-state index in [-0.39, 0.29) is 5.56 Å². The Kier molecular flexibility index (Phi) is 5.20. The molecule has 0 amide bonds. The molecule has 0 aliphatic heterocycles. The Morgan fingerprint density at radius 1 is 1.33 bits per heavy atom. The molecule has 1 atom stereocenters. The van der Waals surface area contributed by atoms with Crippen LogP contribution >= 0.6 is 27.5 Å². The number of esters is 1. The zero-order valence-electron chi connectivity index (χ0n) is 11.1. The first-order valence-electron chi connectivity index (χ1n) is 6.06. The topological polar surface area (TPSA) is 38.3 Å². The van der Waals surface area contributed by atoms with Crippen molar-refractivity contribution >= 4 is 39.2 Å². The summed E-state index contributed by atoms with van der Waals surface area (Å²) in [5.74, 6) is -1.12. The number of carbonyl (C=O) groups is 1. The van der Waals surface area contributed by atoms with Crippen LogP contribution in [0.2, 0.25) is 5.02 Å². The molecule has 0 spiro atoms. The average molecular weight is 373 g/mol. The van der Waals surface area contributed by atoms with Crippen LogP contribution in [-0.4, -0.2) is 13.1 Å². The van der Waals surface area contributed by atoms with Gasteiger partial charge in [0.1, 0.15) is 5.82 Å². The van der Waals surface area contributed by atoms with Crippen molar-refractivity contribution in [3.8, 4) is 0 Å². The van der Waals surface area contributed by atoms with Gasteiger partial charge in [-0.2, -0.15) is 0 Å². The van der Waals surface area contributed by atoms with Gasteiger partial charge in [-0.15, -0.1) is 0 Å². The van der Waals surface area contributed by atoms with Gasteiger partial charge < -0.3 is 10.1 Å². The highest BCUT2D eigenvalue weighted by Gasteiger charge is 2.25. The summed E-state index contributed by atoms with van der Waals surface area (Å²) in [5.41, 5.74) is 0.710. The molecular weight excluding hydrogens is 361 g/mol. The molecule has 0 heterocycles. The molecule has 0 saturated heterocycles. The molecule has 0 fully saturated rings. The van der Waals surface area contributed by atoms with Gasteiger partial charge in [-0.05, 0) is 24.3 Å². The van der Waals surface area contributed by atoms with Crippen molar-refractivity contribution in [2.75, 3.05) is 12.4 Å². The number of para-hydroxylation sites is 1. The first-order valence-corrected chi connectivity index (χ1v) is 7.24. The van der Waals surface area contributed by atoms with Gasteiger partial charge >= 0.3 is 5.97 Å². The van der Waals surface area contributed by atoms with Gasteiger partial charge in [0.2, 0.25) is 0 Å². The maximum absolute atomic E-state index is 14.1. The highest BCUT2D eigenvalue weighted by atomic mass is 79.9. The zero-order chi connectivity index (χ0) is 15.4. The summed E-state index contributed by atoms with van der Waals surface area (Å²) in [6.45, 7) is 0. The van der Waals surface area contributed by atoms with E-state index in [1.165, 1.54) is 19.2 Å². The monoisotopic (exact) mass is 371 g/mol. The molecule has 3 nitrogen and oxygen atoms in total. The first-order chi connectivity index (χ1) is 10.0. The number of halogens is 3. The lowest BCUT2D eigenvalue weighted by Crippen LogP contribution is -2.23. The maximum atomic E-state index is 14.1. The van der Waals surface area contributed by atoms with Gasteiger partial charge in [0.25, 0.3) is 0 Å². The molecule has 0 aliphatic rings. The molecule has 2 rings (SSSR count). The summed E-state index contributed by atoms with van der Waals surface area (Å²) >= 11 is 9.23. The van der Waals surface area contributed by atoms with Crippen molar-refractivity contribution in [3.63, 3.8) is 0 Å². The lowest BCUT2D eigenvalue weighted by atomic mass is 10.1. The number of benzene rings is 2. The highest BCUT2D eigenvalue weighted by molar-refractivity contribution is 9.10. The van der Waals surface area contributed by atoms with Crippen LogP contribution in [0, 0.1) is 5.82 Å². The molecule has 0 bridgehead atoms. The van der Waals surface area contributed by atoms with Crippen molar-refractivity contribution in [1.82, 2.24) is 0 Å². The van der Waals surface area contributed by atoms with Crippen LogP contribution in [0.4, 0.5) is 10.1 Å². The first kappa shape index (κ1) is 15.8. The largest absolute Gasteiger partial charge is 0.467 e. The minimum atomic E-state index is -0.983. The molecule has 21 heavy (non-hydrogen) atoms. The van der Waals surface area contributed by atoms with E-state index >= 15 is 0 Å². The average Bonchev–Trinajstić information content (AvgIpc) is 2.46. The summed E-state index contributed by atoms with van der Waals surface area (Å²) < 4.78 is 19.4. The number of nitrogens with one attached hydrogen (secondary N) is 1. The van der Waals surface area contributed by atoms with Gasteiger partial charge in [-0.3, -0.25) is 0 Å². The number of anilines is 1. The summed E-state index contributed by atoms with van der Waals surface area (Å²) in [6.07, 6.45) is 0. The molecule has 110 valence electrons. The lowest BCUT2D eigenvalue weighted by Gasteiger charge is -2.19. The van der Waals surface area contributed by atoms with E-state index in [0.29, 0.717) is 15.2 Å². The summed E-state index contributed by atoms with van der Waals surface area (Å²) in [4.78, 5) is 12.0. The quantitative estimate of drug-likeness (QED) is 0.799. The number of methoxy groups -OCH3 is 1. The zero-order valence-corrected chi connectivity index (χ0v) is 13.4. The molecular formula is C15H12BrClFNO2. The standard InChI is InChI=1S/C15H12BrClFNO2/c1-21-15(20)14(10-7-6-9(16)8-12(10)18)19-13-5-3-2-4-11(13)17/h2-8,14,19H,1H3. The van der Waals surface area contributed by atoms with Crippen LogP contribution in [0.3, 0.4) is 0 Å². The molecule has 2 aromatic rings. The van der Waals surface area contributed by atoms with Crippen molar-refractivity contribution < 1.29 is 13.9 Å². The van der Waals surface area contributed by atoms with Gasteiger partial charge in [0.05, 0.1) is 17.8 Å². The van der Waals surface area contributed by atoms with Crippen LogP contribution < -0.4 is 5.32 Å². The number of ether oxygens (including phenoxy) is 1. The second-order valence-corrected chi connectivity index (χ2v) is 5.57. The molecule has 1 N–H and O–H groups in total. The molecule has 0 radical (unpaired) electrons. The second kappa shape index (κ2) is 6.91. The Morgan fingerprint density at radius 3 is 2.67 bits per heavy atom. The van der Waals surface area contributed by atoms with E-state index in [1.54, 1.807) is 30.3 Å². The van der Waals surface area contributed by atoms with E-state index in [1.807, 2.05) is 0 Å². The fourth-order valence-corrected chi connectivity index (χ4v) is 2.37. The Labute approximate surface area is 135 Å². The third-order valence-electron chi connectivity index (χ3n) is 2.88. The SMILES string of the molecule is COC(=O)C(Nc1ccccc1Cl)c1ccc(Br)cc1F. The van der Waals surface area contributed by atoms with Gasteiger partial charge in [0.15, 0.2) is 6.04 Å². The van der Waals surface area contributed by atoms with E-state index < -0.39 is 17.8 Å². The number of rotatable bonds is 4. The summed E-state index contributed by atoms with van der Waals surface area (Å²) in [5, 5.41) is 3.35. The molecule has 0 aromatic heterocycles. The van der Waals surface area contributed by atoms with E-state index in [2.05, 4.69) is 21.2 Å². The summed E-state index contributed by atoms with van der Waals surface area (Å²) in [6, 6.07) is 10.4. The molecule has 6 heteroatoms. The third-order valence-corrected chi connectivity index (χ3v) is 3.71. The highest BCUT2D eigenvalue weighted by Crippen LogP contribution is 2.29. The smallest absolute Gasteiger partial charge is 0.333 e. The van der Waals surface area contributed by atoms with Crippen LogP contribution in [0.1, 0.15) is 11.6 Å². The van der Waals surface area contributed by atoms with Gasteiger partial charge in [-0.25, -0.2) is 9.18 Å². The molecule has 0 aliphatic carbocycles. The van der Waals surface area contributed by atoms with Crippen molar-refractivity contribution in [3.05, 3.63) is 63.3 Å². The number of hydrogen-bond acceptors (Lipinski definition) is 3. The third kappa shape index (κ3) is 3.74. The van der Waals surface area contributed by atoms with Crippen molar-refractivity contribution in [2.24, 2.45) is 0 Å². The Balaban J connectivity index is 2.40. The molecule has 2 aromatic carbocycles. The minimum Gasteiger partial charge on any atom is -0.467 e. The van der Waals surface area contributed by atoms with Gasteiger partial charge in [-0.1, -0.05) is 45.7 Å². The number of carbonyl (C=O) groups excluding carboxylic acids is 1. The van der Waals surface area contributed by atoms with Gasteiger partial charge in [0, 0.05) is 10.0 Å². The van der Waals surface area contributed by atoms with Crippen LogP contribution in [0.25, 0.3) is 0 Å². The second-order valence-electron chi connectivity index (χ2n) is 4.25. The van der Waals surface area contributed by atoms with Crippen LogP contribution in [0.15, 0.2) is 46.9 Å². The maximum Gasteiger partial charge on any atom is 0.333 e. The van der Waals surface area contributed by atoms with Crippen molar-refractivity contribution in [1.29, 1.82) is 0 Å². The predicted molar refractivity (Wildman–Crippen MR) is 83.9 cm³/mol. The molecule has 0 saturated carbocycles. The number of hydrogen-bond donors (Lipinski definition) is 1. The Hall–Kier alpha value is -1.59. The van der Waals surface area contributed by atoms with Crippen LogP contribution in [-0.2, 0) is 9.53 Å². The van der Waals surface area contributed by atoms with E-state index in [9.17, 15) is 9.18 Å². The fourth-order valence-electron chi connectivity index (χ4n) is 1.85. The van der Waals surface area contributed by atoms with E-state index in [4.69, 9.17) is 16.3 Å². The van der Waals surface area contributed by atoms with Crippen LogP contribution in [0.5, 0.6) is 0 Å². The predicted octanol–water partition coefficient (Wildman–Crippen LogP) is 4.57. The van der Waals surface area contributed by atoms with E-state index in [0.717, 1.165) is 0 Å². The normalized spacial score (nSPS) is 11.8. The Bertz CT molecular complexity index is 666. The summed E-state index contributed by atoms with van der Waals surface area (Å²) in [7, 11) is 1.25. The Morgan fingerprint density at radius 2 is 2.05 bits per heavy atom. The fraction of sp³-hybridized carbons (Fsp3) is 0.133. The van der Waals surface area contributed by atoms with Crippen molar-refractivity contribution in [2.45, 2.75) is 6.04 Å². The molecule has 1 unspecified atom stereocenters. The minimum absolute atomic E-state index is 0.185.